The molecular weight excluding hydrogens is 446 g/mol. The van der Waals surface area contributed by atoms with Crippen LogP contribution in [0.1, 0.15) is 49.4 Å². The molecule has 3 heterocycles. The lowest BCUT2D eigenvalue weighted by atomic mass is 9.80. The van der Waals surface area contributed by atoms with Gasteiger partial charge in [-0.25, -0.2) is 4.98 Å². The maximum atomic E-state index is 13.7. The average molecular weight is 479 g/mol. The highest BCUT2D eigenvalue weighted by molar-refractivity contribution is 5.75. The number of halogens is 2. The standard InChI is InChI=1S/C28H32F2N4O/c1-5-19-17-35-12-10-23(19)25-13-20(16-33-27(25)31-6-2)24-14-21(8-7-18(24)3)34-22-9-11-32-26(15-22)28(4,29)30/h6-9,11,13-16,19,23H,2,5,10,12,17H2,1,3-4H3,(H,31,33)(H,32,34). The van der Waals surface area contributed by atoms with Crippen LogP contribution in [-0.4, -0.2) is 23.2 Å². The highest BCUT2D eigenvalue weighted by Gasteiger charge is 2.29. The molecule has 184 valence electrons. The molecule has 5 nitrogen and oxygen atoms in total. The van der Waals surface area contributed by atoms with Crippen LogP contribution in [0, 0.1) is 12.8 Å². The third kappa shape index (κ3) is 5.68. The lowest BCUT2D eigenvalue weighted by Gasteiger charge is -2.32. The molecule has 2 N–H and O–H groups in total. The molecular formula is C28H32F2N4O. The van der Waals surface area contributed by atoms with Gasteiger partial charge in [0.1, 0.15) is 11.5 Å². The van der Waals surface area contributed by atoms with E-state index in [9.17, 15) is 8.78 Å². The second kappa shape index (κ2) is 10.5. The maximum Gasteiger partial charge on any atom is 0.287 e. The Balaban J connectivity index is 1.70. The summed E-state index contributed by atoms with van der Waals surface area (Å²) in [4.78, 5) is 8.55. The van der Waals surface area contributed by atoms with E-state index < -0.39 is 5.92 Å². The Hall–Kier alpha value is -3.32. The molecule has 0 bridgehead atoms. The number of rotatable bonds is 8. The molecule has 0 aliphatic carbocycles. The van der Waals surface area contributed by atoms with Crippen LogP contribution >= 0.6 is 0 Å². The van der Waals surface area contributed by atoms with Crippen LogP contribution in [0.5, 0.6) is 0 Å². The molecule has 4 rings (SSSR count). The van der Waals surface area contributed by atoms with E-state index in [4.69, 9.17) is 9.72 Å². The van der Waals surface area contributed by atoms with Gasteiger partial charge in [0.15, 0.2) is 0 Å². The Bertz CT molecular complexity index is 1190. The number of benzene rings is 1. The topological polar surface area (TPSA) is 59.1 Å². The molecule has 35 heavy (non-hydrogen) atoms. The van der Waals surface area contributed by atoms with Gasteiger partial charge in [-0.2, -0.15) is 8.78 Å². The summed E-state index contributed by atoms with van der Waals surface area (Å²) in [7, 11) is 0. The average Bonchev–Trinajstić information content (AvgIpc) is 2.85. The normalized spacial score (nSPS) is 18.2. The van der Waals surface area contributed by atoms with Crippen molar-refractivity contribution in [2.75, 3.05) is 23.8 Å². The van der Waals surface area contributed by atoms with E-state index in [1.54, 1.807) is 12.3 Å². The first-order valence-electron chi connectivity index (χ1n) is 12.0. The minimum Gasteiger partial charge on any atom is -0.381 e. The first kappa shape index (κ1) is 24.8. The van der Waals surface area contributed by atoms with Gasteiger partial charge in [0.2, 0.25) is 0 Å². The number of nitrogens with zero attached hydrogens (tertiary/aromatic N) is 2. The Morgan fingerprint density at radius 3 is 2.71 bits per heavy atom. The van der Waals surface area contributed by atoms with Gasteiger partial charge in [0, 0.05) is 49.5 Å². The number of alkyl halides is 2. The number of aryl methyl sites for hydroxylation is 1. The molecule has 0 spiro atoms. The van der Waals surface area contributed by atoms with Crippen molar-refractivity contribution < 1.29 is 13.5 Å². The summed E-state index contributed by atoms with van der Waals surface area (Å²) in [5.74, 6) is -1.40. The molecule has 1 fully saturated rings. The zero-order chi connectivity index (χ0) is 25.0. The molecule has 0 radical (unpaired) electrons. The predicted molar refractivity (Wildman–Crippen MR) is 137 cm³/mol. The third-order valence-electron chi connectivity index (χ3n) is 6.60. The second-order valence-corrected chi connectivity index (χ2v) is 9.12. The number of nitrogens with one attached hydrogen (secondary N) is 2. The van der Waals surface area contributed by atoms with Crippen molar-refractivity contribution in [3.63, 3.8) is 0 Å². The summed E-state index contributed by atoms with van der Waals surface area (Å²) < 4.78 is 33.2. The van der Waals surface area contributed by atoms with Crippen molar-refractivity contribution in [2.24, 2.45) is 5.92 Å². The summed E-state index contributed by atoms with van der Waals surface area (Å²) in [6.07, 6.45) is 6.89. The summed E-state index contributed by atoms with van der Waals surface area (Å²) in [6, 6.07) is 11.3. The molecule has 7 heteroatoms. The van der Waals surface area contributed by atoms with Gasteiger partial charge in [-0.1, -0.05) is 26.0 Å². The van der Waals surface area contributed by atoms with Gasteiger partial charge in [0.25, 0.3) is 5.92 Å². The predicted octanol–water partition coefficient (Wildman–Crippen LogP) is 7.39. The van der Waals surface area contributed by atoms with Gasteiger partial charge in [-0.3, -0.25) is 4.98 Å². The zero-order valence-electron chi connectivity index (χ0n) is 20.4. The minimum absolute atomic E-state index is 0.268. The molecule has 0 saturated carbocycles. The first-order chi connectivity index (χ1) is 16.8. The van der Waals surface area contributed by atoms with Gasteiger partial charge >= 0.3 is 0 Å². The number of aromatic nitrogens is 2. The molecule has 2 atom stereocenters. The quantitative estimate of drug-likeness (QED) is 0.353. The Morgan fingerprint density at radius 2 is 1.97 bits per heavy atom. The van der Waals surface area contributed by atoms with Crippen molar-refractivity contribution in [3.8, 4) is 11.1 Å². The fourth-order valence-corrected chi connectivity index (χ4v) is 4.66. The van der Waals surface area contributed by atoms with Crippen molar-refractivity contribution >= 4 is 17.2 Å². The van der Waals surface area contributed by atoms with Crippen molar-refractivity contribution in [1.82, 2.24) is 9.97 Å². The van der Waals surface area contributed by atoms with Gasteiger partial charge in [-0.05, 0) is 78.4 Å². The number of pyridine rings is 2. The van der Waals surface area contributed by atoms with E-state index in [0.29, 0.717) is 17.5 Å². The van der Waals surface area contributed by atoms with Crippen LogP contribution in [0.4, 0.5) is 26.0 Å². The molecule has 2 aromatic heterocycles. The highest BCUT2D eigenvalue weighted by atomic mass is 19.3. The number of hydrogen-bond donors (Lipinski definition) is 2. The highest BCUT2D eigenvalue weighted by Crippen LogP contribution is 2.39. The Kier molecular flexibility index (Phi) is 7.45. The minimum atomic E-state index is -3.00. The lowest BCUT2D eigenvalue weighted by molar-refractivity contribution is 0.0128. The Labute approximate surface area is 205 Å². The fourth-order valence-electron chi connectivity index (χ4n) is 4.66. The van der Waals surface area contributed by atoms with E-state index in [2.05, 4.69) is 42.1 Å². The van der Waals surface area contributed by atoms with Crippen molar-refractivity contribution in [3.05, 3.63) is 78.4 Å². The third-order valence-corrected chi connectivity index (χ3v) is 6.60. The molecule has 1 aliphatic rings. The molecule has 3 aromatic rings. The number of ether oxygens (including phenoxy) is 1. The van der Waals surface area contributed by atoms with Crippen LogP contribution in [0.2, 0.25) is 0 Å². The van der Waals surface area contributed by atoms with Gasteiger partial charge < -0.3 is 15.4 Å². The van der Waals surface area contributed by atoms with E-state index in [-0.39, 0.29) is 5.69 Å². The lowest BCUT2D eigenvalue weighted by Crippen LogP contribution is -2.26. The summed E-state index contributed by atoms with van der Waals surface area (Å²) >= 11 is 0. The molecule has 1 aromatic carbocycles. The molecule has 0 amide bonds. The number of anilines is 3. The van der Waals surface area contributed by atoms with E-state index >= 15 is 0 Å². The monoisotopic (exact) mass is 478 g/mol. The first-order valence-corrected chi connectivity index (χ1v) is 12.0. The van der Waals surface area contributed by atoms with Crippen LogP contribution in [0.3, 0.4) is 0 Å². The smallest absolute Gasteiger partial charge is 0.287 e. The van der Waals surface area contributed by atoms with Crippen LogP contribution in [-0.2, 0) is 10.7 Å². The number of hydrogen-bond acceptors (Lipinski definition) is 5. The van der Waals surface area contributed by atoms with Crippen LogP contribution in [0.15, 0.2) is 61.6 Å². The van der Waals surface area contributed by atoms with Crippen LogP contribution in [0.25, 0.3) is 11.1 Å². The zero-order valence-corrected chi connectivity index (χ0v) is 20.4. The van der Waals surface area contributed by atoms with Crippen LogP contribution < -0.4 is 10.6 Å². The second-order valence-electron chi connectivity index (χ2n) is 9.12. The van der Waals surface area contributed by atoms with Crippen molar-refractivity contribution in [2.45, 2.75) is 45.5 Å². The fraction of sp³-hybridized carbons (Fsp3) is 0.357. The largest absolute Gasteiger partial charge is 0.381 e. The van der Waals surface area contributed by atoms with E-state index in [1.165, 1.54) is 17.8 Å². The molecule has 1 saturated heterocycles. The summed E-state index contributed by atoms with van der Waals surface area (Å²) in [5, 5.41) is 6.45. The molecule has 1 aliphatic heterocycles. The van der Waals surface area contributed by atoms with E-state index in [1.807, 2.05) is 24.4 Å². The van der Waals surface area contributed by atoms with E-state index in [0.717, 1.165) is 61.2 Å². The summed E-state index contributed by atoms with van der Waals surface area (Å²) in [6.45, 7) is 10.4. The van der Waals surface area contributed by atoms with Crippen molar-refractivity contribution in [1.29, 1.82) is 0 Å². The molecule has 2 unspecified atom stereocenters. The maximum absolute atomic E-state index is 13.7. The van der Waals surface area contributed by atoms with Gasteiger partial charge in [0.05, 0.1) is 0 Å². The summed E-state index contributed by atoms with van der Waals surface area (Å²) in [5.41, 5.74) is 5.40. The van der Waals surface area contributed by atoms with Gasteiger partial charge in [-0.15, -0.1) is 0 Å². The Morgan fingerprint density at radius 1 is 1.17 bits per heavy atom. The SMILES string of the molecule is C=CNc1ncc(-c2cc(Nc3ccnc(C(C)(F)F)c3)ccc2C)cc1C1CCOCC1CC.